The van der Waals surface area contributed by atoms with Crippen molar-refractivity contribution in [2.75, 3.05) is 18.4 Å². The van der Waals surface area contributed by atoms with Gasteiger partial charge in [-0.15, -0.1) is 0 Å². The van der Waals surface area contributed by atoms with Gasteiger partial charge in [0.05, 0.1) is 10.4 Å². The number of nitrogens with one attached hydrogen (secondary N) is 1. The van der Waals surface area contributed by atoms with Crippen molar-refractivity contribution in [2.45, 2.75) is 42.5 Å². The van der Waals surface area contributed by atoms with E-state index in [0.717, 1.165) is 19.3 Å². The monoisotopic (exact) mass is 323 g/mol. The number of nitrogens with zero attached hydrogens (tertiary/aromatic N) is 1. The number of sulfonamides is 1. The van der Waals surface area contributed by atoms with Crippen LogP contribution in [0.5, 0.6) is 0 Å². The van der Waals surface area contributed by atoms with Crippen LogP contribution in [0, 0.1) is 0 Å². The van der Waals surface area contributed by atoms with Crippen molar-refractivity contribution < 1.29 is 13.2 Å². The SMILES string of the molecule is NC1(C(=O)Nc2cccc(S(=O)(=O)N3CCCCC3)c2)CC1. The first-order chi connectivity index (χ1) is 10.4. The number of carbonyl (C=O) groups is 1. The summed E-state index contributed by atoms with van der Waals surface area (Å²) in [6.07, 6.45) is 4.20. The van der Waals surface area contributed by atoms with E-state index in [2.05, 4.69) is 5.32 Å². The maximum atomic E-state index is 12.6. The Labute approximate surface area is 130 Å². The Hall–Kier alpha value is -1.44. The maximum absolute atomic E-state index is 12.6. The molecule has 22 heavy (non-hydrogen) atoms. The minimum atomic E-state index is -3.49. The van der Waals surface area contributed by atoms with Crippen molar-refractivity contribution >= 4 is 21.6 Å². The molecule has 0 aromatic heterocycles. The zero-order chi connectivity index (χ0) is 15.8. The summed E-state index contributed by atoms with van der Waals surface area (Å²) in [4.78, 5) is 12.2. The minimum absolute atomic E-state index is 0.217. The molecule has 0 spiro atoms. The van der Waals surface area contributed by atoms with Crippen LogP contribution < -0.4 is 11.1 Å². The summed E-state index contributed by atoms with van der Waals surface area (Å²) in [7, 11) is -3.49. The summed E-state index contributed by atoms with van der Waals surface area (Å²) in [5, 5.41) is 2.71. The van der Waals surface area contributed by atoms with Crippen molar-refractivity contribution in [1.82, 2.24) is 4.31 Å². The van der Waals surface area contributed by atoms with E-state index in [1.54, 1.807) is 18.2 Å². The zero-order valence-electron chi connectivity index (χ0n) is 12.4. The van der Waals surface area contributed by atoms with Crippen molar-refractivity contribution in [2.24, 2.45) is 5.73 Å². The first-order valence-electron chi connectivity index (χ1n) is 7.62. The van der Waals surface area contributed by atoms with Crippen molar-refractivity contribution in [1.29, 1.82) is 0 Å². The van der Waals surface area contributed by atoms with E-state index in [1.807, 2.05) is 0 Å². The first-order valence-corrected chi connectivity index (χ1v) is 9.06. The number of nitrogens with two attached hydrogens (primary N) is 1. The van der Waals surface area contributed by atoms with Crippen LogP contribution >= 0.6 is 0 Å². The Kier molecular flexibility index (Phi) is 3.96. The van der Waals surface area contributed by atoms with Gasteiger partial charge >= 0.3 is 0 Å². The van der Waals surface area contributed by atoms with E-state index in [1.165, 1.54) is 10.4 Å². The molecule has 7 heteroatoms. The van der Waals surface area contributed by atoms with Crippen LogP contribution in [0.4, 0.5) is 5.69 Å². The highest BCUT2D eigenvalue weighted by Crippen LogP contribution is 2.33. The molecule has 6 nitrogen and oxygen atoms in total. The van der Waals surface area contributed by atoms with E-state index in [4.69, 9.17) is 5.73 Å². The number of piperidine rings is 1. The molecule has 120 valence electrons. The van der Waals surface area contributed by atoms with Crippen LogP contribution in [-0.2, 0) is 14.8 Å². The molecular weight excluding hydrogens is 302 g/mol. The molecule has 0 bridgehead atoms. The highest BCUT2D eigenvalue weighted by molar-refractivity contribution is 7.89. The van der Waals surface area contributed by atoms with E-state index in [-0.39, 0.29) is 10.8 Å². The number of carbonyl (C=O) groups excluding carboxylic acids is 1. The average molecular weight is 323 g/mol. The second-order valence-corrected chi connectivity index (χ2v) is 8.04. The van der Waals surface area contributed by atoms with Crippen LogP contribution in [0.15, 0.2) is 29.2 Å². The highest BCUT2D eigenvalue weighted by atomic mass is 32.2. The van der Waals surface area contributed by atoms with Gasteiger partial charge in [-0.05, 0) is 43.9 Å². The molecule has 1 aromatic carbocycles. The van der Waals surface area contributed by atoms with E-state index in [9.17, 15) is 13.2 Å². The Morgan fingerprint density at radius 3 is 2.50 bits per heavy atom. The van der Waals surface area contributed by atoms with Crippen LogP contribution in [0.3, 0.4) is 0 Å². The molecule has 2 fully saturated rings. The van der Waals surface area contributed by atoms with Gasteiger partial charge in [0.25, 0.3) is 0 Å². The zero-order valence-corrected chi connectivity index (χ0v) is 13.2. The number of hydrogen-bond donors (Lipinski definition) is 2. The first kappa shape index (κ1) is 15.5. The lowest BCUT2D eigenvalue weighted by Gasteiger charge is -2.26. The highest BCUT2D eigenvalue weighted by Gasteiger charge is 2.46. The molecule has 1 saturated carbocycles. The molecule has 3 N–H and O–H groups in total. The summed E-state index contributed by atoms with van der Waals surface area (Å²) in [5.41, 5.74) is 5.54. The molecular formula is C15H21N3O3S. The number of anilines is 1. The van der Waals surface area contributed by atoms with Crippen LogP contribution in [0.1, 0.15) is 32.1 Å². The molecule has 2 aliphatic rings. The van der Waals surface area contributed by atoms with Crippen LogP contribution in [0.25, 0.3) is 0 Å². The number of rotatable bonds is 4. The molecule has 1 heterocycles. The quantitative estimate of drug-likeness (QED) is 0.873. The fourth-order valence-electron chi connectivity index (χ4n) is 2.61. The van der Waals surface area contributed by atoms with Gasteiger partial charge in [-0.25, -0.2) is 8.42 Å². The summed E-state index contributed by atoms with van der Waals surface area (Å²) in [6.45, 7) is 1.12. The van der Waals surface area contributed by atoms with Gasteiger partial charge in [-0.3, -0.25) is 4.79 Å². The molecule has 0 atom stereocenters. The molecule has 1 aliphatic heterocycles. The Balaban J connectivity index is 1.79. The lowest BCUT2D eigenvalue weighted by molar-refractivity contribution is -0.118. The van der Waals surface area contributed by atoms with Gasteiger partial charge in [0, 0.05) is 18.8 Å². The third-order valence-corrected chi connectivity index (χ3v) is 6.18. The molecule has 1 aliphatic carbocycles. The predicted molar refractivity (Wildman–Crippen MR) is 83.8 cm³/mol. The molecule has 1 saturated heterocycles. The number of hydrogen-bond acceptors (Lipinski definition) is 4. The fourth-order valence-corrected chi connectivity index (χ4v) is 4.17. The molecule has 0 unspecified atom stereocenters. The fraction of sp³-hybridized carbons (Fsp3) is 0.533. The van der Waals surface area contributed by atoms with Crippen molar-refractivity contribution in [3.05, 3.63) is 24.3 Å². The van der Waals surface area contributed by atoms with Gasteiger partial charge in [0.1, 0.15) is 0 Å². The Morgan fingerprint density at radius 1 is 1.18 bits per heavy atom. The van der Waals surface area contributed by atoms with Crippen molar-refractivity contribution in [3.63, 3.8) is 0 Å². The van der Waals surface area contributed by atoms with E-state index < -0.39 is 15.6 Å². The smallest absolute Gasteiger partial charge is 0.244 e. The van der Waals surface area contributed by atoms with Gasteiger partial charge in [0.2, 0.25) is 15.9 Å². The van der Waals surface area contributed by atoms with Crippen LogP contribution in [-0.4, -0.2) is 37.3 Å². The third kappa shape index (κ3) is 3.02. The number of benzene rings is 1. The summed E-state index contributed by atoms with van der Waals surface area (Å²) < 4.78 is 26.8. The maximum Gasteiger partial charge on any atom is 0.244 e. The van der Waals surface area contributed by atoms with Crippen molar-refractivity contribution in [3.8, 4) is 0 Å². The Bertz CT molecular complexity index is 677. The largest absolute Gasteiger partial charge is 0.324 e. The minimum Gasteiger partial charge on any atom is -0.324 e. The standard InChI is InChI=1S/C15H21N3O3S/c16-15(7-8-15)14(19)17-12-5-4-6-13(11-12)22(20,21)18-9-2-1-3-10-18/h4-6,11H,1-3,7-10,16H2,(H,17,19). The lowest BCUT2D eigenvalue weighted by Crippen LogP contribution is -2.38. The second-order valence-electron chi connectivity index (χ2n) is 6.10. The topological polar surface area (TPSA) is 92.5 Å². The van der Waals surface area contributed by atoms with E-state index in [0.29, 0.717) is 31.6 Å². The molecule has 1 aromatic rings. The van der Waals surface area contributed by atoms with Gasteiger partial charge in [-0.1, -0.05) is 12.5 Å². The van der Waals surface area contributed by atoms with E-state index >= 15 is 0 Å². The normalized spacial score (nSPS) is 21.3. The summed E-state index contributed by atoms with van der Waals surface area (Å²) >= 11 is 0. The van der Waals surface area contributed by atoms with Crippen LogP contribution in [0.2, 0.25) is 0 Å². The molecule has 1 amide bonds. The number of amides is 1. The second kappa shape index (κ2) is 5.64. The molecule has 3 rings (SSSR count). The molecule has 0 radical (unpaired) electrons. The van der Waals surface area contributed by atoms with Gasteiger partial charge < -0.3 is 11.1 Å². The summed E-state index contributed by atoms with van der Waals surface area (Å²) in [6, 6.07) is 6.39. The van der Waals surface area contributed by atoms with Gasteiger partial charge in [-0.2, -0.15) is 4.31 Å². The third-order valence-electron chi connectivity index (χ3n) is 4.29. The summed E-state index contributed by atoms with van der Waals surface area (Å²) in [5.74, 6) is -0.250. The van der Waals surface area contributed by atoms with Gasteiger partial charge in [0.15, 0.2) is 0 Å². The predicted octanol–water partition coefficient (Wildman–Crippen LogP) is 1.29. The average Bonchev–Trinajstić information content (AvgIpc) is 3.28. The lowest BCUT2D eigenvalue weighted by atomic mass is 10.2. The Morgan fingerprint density at radius 2 is 1.86 bits per heavy atom.